The fourth-order valence-electron chi connectivity index (χ4n) is 1.35. The third kappa shape index (κ3) is 4.82. The molecular formula is C13H14Cl2O. The van der Waals surface area contributed by atoms with E-state index in [1.54, 1.807) is 0 Å². The largest absolute Gasteiger partial charge is 0.303 e. The van der Waals surface area contributed by atoms with Crippen LogP contribution in [0.1, 0.15) is 24.8 Å². The first-order chi connectivity index (χ1) is 7.74. The van der Waals surface area contributed by atoms with Crippen LogP contribution in [0.25, 0.3) is 0 Å². The zero-order valence-corrected chi connectivity index (χ0v) is 10.5. The minimum absolute atomic E-state index is 0.590. The van der Waals surface area contributed by atoms with E-state index in [0.717, 1.165) is 25.5 Å². The second kappa shape index (κ2) is 7.48. The summed E-state index contributed by atoms with van der Waals surface area (Å²) in [5, 5.41) is 1.19. The summed E-state index contributed by atoms with van der Waals surface area (Å²) in [4.78, 5) is 10.1. The molecule has 0 radical (unpaired) electrons. The average molecular weight is 257 g/mol. The molecule has 86 valence electrons. The van der Waals surface area contributed by atoms with Gasteiger partial charge in [-0.2, -0.15) is 0 Å². The molecule has 0 fully saturated rings. The highest BCUT2D eigenvalue weighted by molar-refractivity contribution is 6.42. The lowest BCUT2D eigenvalue weighted by molar-refractivity contribution is -0.107. The zero-order chi connectivity index (χ0) is 11.8. The Morgan fingerprint density at radius 2 is 1.75 bits per heavy atom. The fraction of sp³-hybridized carbons (Fsp3) is 0.308. The van der Waals surface area contributed by atoms with Crippen LogP contribution >= 0.6 is 23.2 Å². The number of rotatable bonds is 6. The van der Waals surface area contributed by atoms with Crippen molar-refractivity contribution in [3.63, 3.8) is 0 Å². The summed E-state index contributed by atoms with van der Waals surface area (Å²) in [5.74, 6) is 0. The Hall–Kier alpha value is -0.790. The van der Waals surface area contributed by atoms with Crippen molar-refractivity contribution < 1.29 is 4.79 Å². The molecule has 0 heterocycles. The first-order valence-electron chi connectivity index (χ1n) is 5.26. The van der Waals surface area contributed by atoms with Crippen molar-refractivity contribution >= 4 is 29.5 Å². The minimum atomic E-state index is 0.590. The van der Waals surface area contributed by atoms with Gasteiger partial charge in [-0.3, -0.25) is 0 Å². The second-order valence-corrected chi connectivity index (χ2v) is 4.32. The van der Waals surface area contributed by atoms with E-state index >= 15 is 0 Å². The van der Waals surface area contributed by atoms with Gasteiger partial charge in [0.1, 0.15) is 6.29 Å². The van der Waals surface area contributed by atoms with Gasteiger partial charge in [0, 0.05) is 6.42 Å². The zero-order valence-electron chi connectivity index (χ0n) is 8.96. The van der Waals surface area contributed by atoms with E-state index < -0.39 is 0 Å². The Labute approximate surface area is 106 Å². The van der Waals surface area contributed by atoms with Crippen molar-refractivity contribution in [3.8, 4) is 0 Å². The van der Waals surface area contributed by atoms with Crippen molar-refractivity contribution in [2.24, 2.45) is 0 Å². The van der Waals surface area contributed by atoms with Crippen molar-refractivity contribution in [1.82, 2.24) is 0 Å². The van der Waals surface area contributed by atoms with Gasteiger partial charge < -0.3 is 4.79 Å². The molecule has 0 bridgehead atoms. The molecule has 1 nitrogen and oxygen atoms in total. The molecule has 0 atom stereocenters. The van der Waals surface area contributed by atoms with Crippen LogP contribution in [0, 0.1) is 0 Å². The Morgan fingerprint density at radius 3 is 2.44 bits per heavy atom. The Morgan fingerprint density at radius 1 is 1.00 bits per heavy atom. The molecule has 0 spiro atoms. The van der Waals surface area contributed by atoms with E-state index in [0.29, 0.717) is 16.5 Å². The van der Waals surface area contributed by atoms with Crippen LogP contribution in [0.4, 0.5) is 0 Å². The normalized spacial score (nSPS) is 10.9. The molecular weight excluding hydrogens is 243 g/mol. The third-order valence-electron chi connectivity index (χ3n) is 2.20. The number of aryl methyl sites for hydroxylation is 1. The lowest BCUT2D eigenvalue weighted by Crippen LogP contribution is -1.83. The number of hydrogen-bond acceptors (Lipinski definition) is 1. The van der Waals surface area contributed by atoms with E-state index in [1.165, 1.54) is 5.56 Å². The van der Waals surface area contributed by atoms with E-state index in [1.807, 2.05) is 24.3 Å². The third-order valence-corrected chi connectivity index (χ3v) is 2.94. The molecule has 0 saturated carbocycles. The molecule has 0 aliphatic rings. The van der Waals surface area contributed by atoms with Gasteiger partial charge in [-0.05, 0) is 37.0 Å². The topological polar surface area (TPSA) is 17.1 Å². The maximum Gasteiger partial charge on any atom is 0.120 e. The number of halogens is 2. The van der Waals surface area contributed by atoms with E-state index in [2.05, 4.69) is 6.08 Å². The highest BCUT2D eigenvalue weighted by Gasteiger charge is 1.98. The van der Waals surface area contributed by atoms with Crippen LogP contribution in [0.5, 0.6) is 0 Å². The maximum absolute atomic E-state index is 10.1. The van der Waals surface area contributed by atoms with Crippen LogP contribution in [-0.2, 0) is 11.2 Å². The molecule has 0 saturated heterocycles. The Kier molecular flexibility index (Phi) is 6.20. The average Bonchev–Trinajstić information content (AvgIpc) is 2.28. The van der Waals surface area contributed by atoms with Gasteiger partial charge in [0.2, 0.25) is 0 Å². The van der Waals surface area contributed by atoms with E-state index in [4.69, 9.17) is 23.2 Å². The van der Waals surface area contributed by atoms with Crippen LogP contribution in [0.2, 0.25) is 10.0 Å². The highest BCUT2D eigenvalue weighted by atomic mass is 35.5. The lowest BCUT2D eigenvalue weighted by Gasteiger charge is -2.00. The van der Waals surface area contributed by atoms with Crippen molar-refractivity contribution in [2.45, 2.75) is 25.7 Å². The minimum Gasteiger partial charge on any atom is -0.303 e. The molecule has 0 amide bonds. The SMILES string of the molecule is O=CCC/C=C/CCc1ccc(Cl)c(Cl)c1. The summed E-state index contributed by atoms with van der Waals surface area (Å²) >= 11 is 11.7. The number of unbranched alkanes of at least 4 members (excludes halogenated alkanes) is 1. The van der Waals surface area contributed by atoms with Crippen LogP contribution in [-0.4, -0.2) is 6.29 Å². The molecule has 0 aliphatic carbocycles. The van der Waals surface area contributed by atoms with Gasteiger partial charge in [-0.25, -0.2) is 0 Å². The van der Waals surface area contributed by atoms with Crippen molar-refractivity contribution in [1.29, 1.82) is 0 Å². The Balaban J connectivity index is 2.34. The van der Waals surface area contributed by atoms with Gasteiger partial charge in [0.25, 0.3) is 0 Å². The number of carbonyl (C=O) groups excluding carboxylic acids is 1. The summed E-state index contributed by atoms with van der Waals surface area (Å²) in [5.41, 5.74) is 1.18. The standard InChI is InChI=1S/C13H14Cl2O/c14-12-8-7-11(10-13(12)15)6-4-2-1-3-5-9-16/h1-2,7-10H,3-6H2/b2-1+. The maximum atomic E-state index is 10.1. The number of allylic oxidation sites excluding steroid dienone is 2. The smallest absolute Gasteiger partial charge is 0.120 e. The quantitative estimate of drug-likeness (QED) is 0.417. The van der Waals surface area contributed by atoms with Gasteiger partial charge in [-0.15, -0.1) is 0 Å². The molecule has 0 N–H and O–H groups in total. The lowest BCUT2D eigenvalue weighted by atomic mass is 10.1. The van der Waals surface area contributed by atoms with Crippen LogP contribution in [0.15, 0.2) is 30.4 Å². The number of hydrogen-bond donors (Lipinski definition) is 0. The second-order valence-electron chi connectivity index (χ2n) is 3.50. The van der Waals surface area contributed by atoms with Gasteiger partial charge in [-0.1, -0.05) is 41.4 Å². The molecule has 16 heavy (non-hydrogen) atoms. The molecule has 3 heteroatoms. The van der Waals surface area contributed by atoms with Gasteiger partial charge >= 0.3 is 0 Å². The fourth-order valence-corrected chi connectivity index (χ4v) is 1.67. The number of benzene rings is 1. The number of aldehydes is 1. The summed E-state index contributed by atoms with van der Waals surface area (Å²) in [6.45, 7) is 0. The van der Waals surface area contributed by atoms with Crippen molar-refractivity contribution in [3.05, 3.63) is 46.0 Å². The van der Waals surface area contributed by atoms with Crippen molar-refractivity contribution in [2.75, 3.05) is 0 Å². The Bertz CT molecular complexity index is 372. The molecule has 0 aliphatic heterocycles. The van der Waals surface area contributed by atoms with Crippen LogP contribution < -0.4 is 0 Å². The molecule has 1 aromatic carbocycles. The molecule has 0 aromatic heterocycles. The first-order valence-corrected chi connectivity index (χ1v) is 6.02. The highest BCUT2D eigenvalue weighted by Crippen LogP contribution is 2.23. The summed E-state index contributed by atoms with van der Waals surface area (Å²) in [7, 11) is 0. The predicted molar refractivity (Wildman–Crippen MR) is 69.2 cm³/mol. The summed E-state index contributed by atoms with van der Waals surface area (Å²) < 4.78 is 0. The van der Waals surface area contributed by atoms with E-state index in [9.17, 15) is 4.79 Å². The summed E-state index contributed by atoms with van der Waals surface area (Å²) in [6.07, 6.45) is 8.38. The molecule has 1 rings (SSSR count). The monoisotopic (exact) mass is 256 g/mol. The number of carbonyl (C=O) groups is 1. The van der Waals surface area contributed by atoms with Gasteiger partial charge in [0.05, 0.1) is 10.0 Å². The molecule has 0 unspecified atom stereocenters. The first kappa shape index (κ1) is 13.3. The van der Waals surface area contributed by atoms with Gasteiger partial charge in [0.15, 0.2) is 0 Å². The predicted octanol–water partition coefficient (Wildman–Crippen LogP) is 4.46. The van der Waals surface area contributed by atoms with E-state index in [-0.39, 0.29) is 0 Å². The van der Waals surface area contributed by atoms with Crippen LogP contribution in [0.3, 0.4) is 0 Å². The summed E-state index contributed by atoms with van der Waals surface area (Å²) in [6, 6.07) is 5.69. The molecule has 1 aromatic rings.